The van der Waals surface area contributed by atoms with Crippen LogP contribution in [-0.2, 0) is 6.61 Å². The summed E-state index contributed by atoms with van der Waals surface area (Å²) in [4.78, 5) is 16.4. The van der Waals surface area contributed by atoms with Gasteiger partial charge in [-0.1, -0.05) is 54.1 Å². The van der Waals surface area contributed by atoms with Crippen LogP contribution in [0.5, 0.6) is 5.75 Å². The molecule has 5 aromatic rings. The first-order chi connectivity index (χ1) is 16.1. The molecular formula is C23H16BrClN6O2. The zero-order valence-corrected chi connectivity index (χ0v) is 19.3. The van der Waals surface area contributed by atoms with Crippen LogP contribution in [0, 0.1) is 0 Å². The summed E-state index contributed by atoms with van der Waals surface area (Å²) in [6, 6.07) is 20.6. The number of hydrogen-bond donors (Lipinski definition) is 3. The average molecular weight is 524 g/mol. The van der Waals surface area contributed by atoms with E-state index in [2.05, 4.69) is 46.9 Å². The molecule has 164 valence electrons. The number of fused-ring (bicyclic) bond motifs is 1. The number of carbonyl (C=O) groups excluding carboxylic acids is 1. The molecule has 0 saturated carbocycles. The quantitative estimate of drug-likeness (QED) is 0.269. The second-order valence-electron chi connectivity index (χ2n) is 7.15. The standard InChI is InChI=1S/C23H16BrClN6O2/c24-19-15-7-4-8-18(33-12-13-5-2-1-3-6-13)20(15)27-21(19)23(32)26-17-10-9-14(25)11-16(17)22-28-30-31-29-22/h1-11,27H,12H2,(H,26,32)(H,28,29,30,31). The summed E-state index contributed by atoms with van der Waals surface area (Å²) in [5.41, 5.74) is 3.17. The number of anilines is 1. The molecule has 0 aliphatic carbocycles. The molecule has 0 atom stereocenters. The van der Waals surface area contributed by atoms with Crippen molar-refractivity contribution in [3.8, 4) is 17.1 Å². The maximum absolute atomic E-state index is 13.2. The molecule has 8 nitrogen and oxygen atoms in total. The summed E-state index contributed by atoms with van der Waals surface area (Å²) in [6.45, 7) is 0.414. The van der Waals surface area contributed by atoms with Crippen molar-refractivity contribution in [3.63, 3.8) is 0 Å². The lowest BCUT2D eigenvalue weighted by molar-refractivity contribution is 0.102. The first-order valence-corrected chi connectivity index (χ1v) is 11.1. The Labute approximate surface area is 201 Å². The molecule has 0 unspecified atom stereocenters. The van der Waals surface area contributed by atoms with Gasteiger partial charge in [-0.2, -0.15) is 5.21 Å². The Hall–Kier alpha value is -3.69. The fourth-order valence-corrected chi connectivity index (χ4v) is 4.22. The van der Waals surface area contributed by atoms with Gasteiger partial charge in [0, 0.05) is 16.0 Å². The maximum atomic E-state index is 13.2. The minimum atomic E-state index is -0.348. The molecule has 2 aromatic heterocycles. The number of hydrogen-bond acceptors (Lipinski definition) is 5. The molecule has 10 heteroatoms. The van der Waals surface area contributed by atoms with Crippen molar-refractivity contribution in [2.45, 2.75) is 6.61 Å². The Kier molecular flexibility index (Phi) is 5.80. The smallest absolute Gasteiger partial charge is 0.273 e. The SMILES string of the molecule is O=C(Nc1ccc(Cl)cc1-c1nn[nH]n1)c1[nH]c2c(OCc3ccccc3)cccc2c1Br. The Morgan fingerprint density at radius 3 is 2.73 bits per heavy atom. The van der Waals surface area contributed by atoms with Gasteiger partial charge in [0.05, 0.1) is 15.7 Å². The largest absolute Gasteiger partial charge is 0.487 e. The summed E-state index contributed by atoms with van der Waals surface area (Å²) >= 11 is 9.69. The number of tetrazole rings is 1. The summed E-state index contributed by atoms with van der Waals surface area (Å²) in [5, 5.41) is 18.2. The number of benzene rings is 3. The monoisotopic (exact) mass is 522 g/mol. The van der Waals surface area contributed by atoms with Crippen LogP contribution in [0.4, 0.5) is 5.69 Å². The van der Waals surface area contributed by atoms with E-state index in [0.29, 0.717) is 44.6 Å². The number of ether oxygens (including phenoxy) is 1. The van der Waals surface area contributed by atoms with Gasteiger partial charge in [0.25, 0.3) is 5.91 Å². The van der Waals surface area contributed by atoms with Gasteiger partial charge in [0.1, 0.15) is 18.1 Å². The van der Waals surface area contributed by atoms with Gasteiger partial charge in [0.15, 0.2) is 0 Å². The van der Waals surface area contributed by atoms with Crippen LogP contribution in [0.2, 0.25) is 5.02 Å². The molecule has 0 aliphatic rings. The average Bonchev–Trinajstić information content (AvgIpc) is 3.48. The summed E-state index contributed by atoms with van der Waals surface area (Å²) < 4.78 is 6.66. The van der Waals surface area contributed by atoms with Crippen molar-refractivity contribution in [3.05, 3.63) is 87.5 Å². The highest BCUT2D eigenvalue weighted by Crippen LogP contribution is 2.35. The van der Waals surface area contributed by atoms with Gasteiger partial charge in [-0.3, -0.25) is 4.79 Å². The molecule has 3 N–H and O–H groups in total. The number of H-pyrrole nitrogens is 2. The van der Waals surface area contributed by atoms with Crippen LogP contribution in [0.25, 0.3) is 22.3 Å². The van der Waals surface area contributed by atoms with E-state index >= 15 is 0 Å². The van der Waals surface area contributed by atoms with Gasteiger partial charge < -0.3 is 15.0 Å². The highest BCUT2D eigenvalue weighted by Gasteiger charge is 2.20. The Balaban J connectivity index is 1.45. The van der Waals surface area contributed by atoms with Crippen LogP contribution in [0.1, 0.15) is 16.1 Å². The van der Waals surface area contributed by atoms with Crippen LogP contribution in [-0.4, -0.2) is 31.5 Å². The van der Waals surface area contributed by atoms with Crippen LogP contribution in [0.15, 0.2) is 71.2 Å². The number of nitrogens with zero attached hydrogens (tertiary/aromatic N) is 3. The minimum absolute atomic E-state index is 0.320. The molecule has 2 heterocycles. The van der Waals surface area contributed by atoms with Gasteiger partial charge in [-0.15, -0.1) is 10.2 Å². The third-order valence-electron chi connectivity index (χ3n) is 5.01. The van der Waals surface area contributed by atoms with Crippen LogP contribution in [0.3, 0.4) is 0 Å². The Bertz CT molecular complexity index is 1440. The number of aromatic amines is 2. The molecular weight excluding hydrogens is 508 g/mol. The first kappa shape index (κ1) is 21.2. The normalized spacial score (nSPS) is 11.0. The van der Waals surface area contributed by atoms with Crippen molar-refractivity contribution >= 4 is 50.0 Å². The minimum Gasteiger partial charge on any atom is -0.487 e. The molecule has 0 aliphatic heterocycles. The Morgan fingerprint density at radius 1 is 1.09 bits per heavy atom. The zero-order valence-electron chi connectivity index (χ0n) is 17.0. The van der Waals surface area contributed by atoms with E-state index in [1.807, 2.05) is 48.5 Å². The number of carbonyl (C=O) groups is 1. The van der Waals surface area contributed by atoms with Gasteiger partial charge in [-0.05, 0) is 51.0 Å². The summed E-state index contributed by atoms with van der Waals surface area (Å²) in [7, 11) is 0. The molecule has 0 saturated heterocycles. The van der Waals surface area contributed by atoms with E-state index in [4.69, 9.17) is 16.3 Å². The van der Waals surface area contributed by atoms with Gasteiger partial charge in [-0.25, -0.2) is 0 Å². The topological polar surface area (TPSA) is 109 Å². The van der Waals surface area contributed by atoms with Crippen LogP contribution >= 0.6 is 27.5 Å². The molecule has 0 spiro atoms. The van der Waals surface area contributed by atoms with Gasteiger partial charge in [0.2, 0.25) is 5.82 Å². The molecule has 0 radical (unpaired) electrons. The fraction of sp³-hybridized carbons (Fsp3) is 0.0435. The van der Waals surface area contributed by atoms with E-state index in [9.17, 15) is 4.79 Å². The molecule has 0 bridgehead atoms. The predicted molar refractivity (Wildman–Crippen MR) is 129 cm³/mol. The number of rotatable bonds is 6. The first-order valence-electron chi connectivity index (χ1n) is 9.92. The number of para-hydroxylation sites is 1. The van der Waals surface area contributed by atoms with Crippen molar-refractivity contribution < 1.29 is 9.53 Å². The van der Waals surface area contributed by atoms with Crippen molar-refractivity contribution in [2.24, 2.45) is 0 Å². The van der Waals surface area contributed by atoms with Crippen molar-refractivity contribution in [1.82, 2.24) is 25.6 Å². The lowest BCUT2D eigenvalue weighted by Crippen LogP contribution is -2.13. The second kappa shape index (κ2) is 9.05. The number of aromatic nitrogens is 5. The van der Waals surface area contributed by atoms with E-state index in [0.717, 1.165) is 16.5 Å². The fourth-order valence-electron chi connectivity index (χ4n) is 3.44. The molecule has 0 fully saturated rings. The summed E-state index contributed by atoms with van der Waals surface area (Å²) in [6.07, 6.45) is 0. The lowest BCUT2D eigenvalue weighted by atomic mass is 10.1. The van der Waals surface area contributed by atoms with E-state index in [1.54, 1.807) is 18.2 Å². The third-order valence-corrected chi connectivity index (χ3v) is 6.07. The third kappa shape index (κ3) is 4.33. The van der Waals surface area contributed by atoms with Gasteiger partial charge >= 0.3 is 0 Å². The number of amides is 1. The summed E-state index contributed by atoms with van der Waals surface area (Å²) in [5.74, 6) is 0.620. The molecule has 3 aromatic carbocycles. The highest BCUT2D eigenvalue weighted by molar-refractivity contribution is 9.10. The number of halogens is 2. The van der Waals surface area contributed by atoms with E-state index in [1.165, 1.54) is 0 Å². The predicted octanol–water partition coefficient (Wildman–Crippen LogP) is 5.60. The Morgan fingerprint density at radius 2 is 1.94 bits per heavy atom. The van der Waals surface area contributed by atoms with E-state index < -0.39 is 0 Å². The second-order valence-corrected chi connectivity index (χ2v) is 8.38. The highest BCUT2D eigenvalue weighted by atomic mass is 79.9. The molecule has 1 amide bonds. The van der Waals surface area contributed by atoms with Crippen molar-refractivity contribution in [1.29, 1.82) is 0 Å². The van der Waals surface area contributed by atoms with Crippen LogP contribution < -0.4 is 10.1 Å². The molecule has 33 heavy (non-hydrogen) atoms. The lowest BCUT2D eigenvalue weighted by Gasteiger charge is -2.09. The zero-order chi connectivity index (χ0) is 22.8. The maximum Gasteiger partial charge on any atom is 0.273 e. The molecule has 5 rings (SSSR count). The van der Waals surface area contributed by atoms with E-state index in [-0.39, 0.29) is 5.91 Å². The number of nitrogens with one attached hydrogen (secondary N) is 3. The van der Waals surface area contributed by atoms with Crippen molar-refractivity contribution in [2.75, 3.05) is 5.32 Å².